The van der Waals surface area contributed by atoms with Gasteiger partial charge in [0.25, 0.3) is 0 Å². The van der Waals surface area contributed by atoms with Crippen LogP contribution in [0.1, 0.15) is 37.3 Å². The summed E-state index contributed by atoms with van der Waals surface area (Å²) in [6, 6.07) is 15.3. The number of allylic oxidation sites excluding steroid dienone is 2. The Kier molecular flexibility index (Phi) is 5.96. The molecule has 2 aromatic carbocycles. The summed E-state index contributed by atoms with van der Waals surface area (Å²) in [7, 11) is 4.11. The van der Waals surface area contributed by atoms with Crippen LogP contribution in [-0.4, -0.2) is 25.5 Å². The zero-order chi connectivity index (χ0) is 16.8. The highest BCUT2D eigenvalue weighted by atomic mass is 15.0. The second kappa shape index (κ2) is 7.94. The van der Waals surface area contributed by atoms with E-state index in [1.54, 1.807) is 0 Å². The van der Waals surface area contributed by atoms with Crippen LogP contribution in [0.5, 0.6) is 0 Å². The van der Waals surface area contributed by atoms with Gasteiger partial charge in [-0.05, 0) is 69.2 Å². The van der Waals surface area contributed by atoms with Gasteiger partial charge < -0.3 is 4.90 Å². The van der Waals surface area contributed by atoms with E-state index in [0.717, 1.165) is 19.4 Å². The Balaban J connectivity index is 2.53. The monoisotopic (exact) mass is 306 g/mol. The zero-order valence-electron chi connectivity index (χ0n) is 14.6. The van der Waals surface area contributed by atoms with Gasteiger partial charge in [-0.1, -0.05) is 48.0 Å². The summed E-state index contributed by atoms with van der Waals surface area (Å²) in [5, 5.41) is 12.2. The molecule has 2 heteroatoms. The predicted octanol–water partition coefficient (Wildman–Crippen LogP) is 4.91. The van der Waals surface area contributed by atoms with Gasteiger partial charge in [0.05, 0.1) is 12.0 Å². The topological polar surface area (TPSA) is 27.0 Å². The Morgan fingerprint density at radius 1 is 1.17 bits per heavy atom. The standard InChI is InChI=1S/C21H26N2/c1-16(2)9-10-18-12-11-17-7-5-6-8-20(17)21(18)19(15-22)13-14-23(3)4/h5-9,11-12,19H,10,13-14H2,1-4H3. The van der Waals surface area contributed by atoms with Crippen molar-refractivity contribution in [1.29, 1.82) is 5.26 Å². The smallest absolute Gasteiger partial charge is 0.0733 e. The molecule has 0 saturated carbocycles. The molecule has 2 rings (SSSR count). The molecule has 0 N–H and O–H groups in total. The SMILES string of the molecule is CC(C)=CCc1ccc2ccccc2c1C(C#N)CCN(C)C. The molecule has 2 nitrogen and oxygen atoms in total. The first kappa shape index (κ1) is 17.2. The quantitative estimate of drug-likeness (QED) is 0.709. The van der Waals surface area contributed by atoms with E-state index in [0.29, 0.717) is 0 Å². The minimum Gasteiger partial charge on any atom is -0.309 e. The molecule has 0 fully saturated rings. The van der Waals surface area contributed by atoms with E-state index in [4.69, 9.17) is 0 Å². The van der Waals surface area contributed by atoms with Crippen LogP contribution in [0.4, 0.5) is 0 Å². The third-order valence-corrected chi connectivity index (χ3v) is 4.16. The Labute approximate surface area is 140 Å². The van der Waals surface area contributed by atoms with E-state index in [-0.39, 0.29) is 5.92 Å². The molecule has 0 bridgehead atoms. The van der Waals surface area contributed by atoms with Crippen LogP contribution in [-0.2, 0) is 6.42 Å². The summed E-state index contributed by atoms with van der Waals surface area (Å²) in [5.41, 5.74) is 3.80. The van der Waals surface area contributed by atoms with E-state index >= 15 is 0 Å². The summed E-state index contributed by atoms with van der Waals surface area (Å²) < 4.78 is 0. The molecule has 2 aromatic rings. The third-order valence-electron chi connectivity index (χ3n) is 4.16. The lowest BCUT2D eigenvalue weighted by Crippen LogP contribution is -2.16. The maximum Gasteiger partial charge on any atom is 0.0733 e. The number of hydrogen-bond donors (Lipinski definition) is 0. The number of nitriles is 1. The van der Waals surface area contributed by atoms with Crippen molar-refractivity contribution in [2.75, 3.05) is 20.6 Å². The van der Waals surface area contributed by atoms with Gasteiger partial charge in [0.15, 0.2) is 0 Å². The van der Waals surface area contributed by atoms with Gasteiger partial charge in [0.2, 0.25) is 0 Å². The third kappa shape index (κ3) is 4.43. The Morgan fingerprint density at radius 2 is 1.91 bits per heavy atom. The molecule has 23 heavy (non-hydrogen) atoms. The molecule has 0 aliphatic carbocycles. The summed E-state index contributed by atoms with van der Waals surface area (Å²) in [6.45, 7) is 5.16. The van der Waals surface area contributed by atoms with Gasteiger partial charge in [-0.2, -0.15) is 5.26 Å². The summed E-state index contributed by atoms with van der Waals surface area (Å²) >= 11 is 0. The van der Waals surface area contributed by atoms with Gasteiger partial charge in [0.1, 0.15) is 0 Å². The van der Waals surface area contributed by atoms with Crippen LogP contribution < -0.4 is 0 Å². The fraction of sp³-hybridized carbons (Fsp3) is 0.381. The van der Waals surface area contributed by atoms with Gasteiger partial charge >= 0.3 is 0 Å². The first-order chi connectivity index (χ1) is 11.0. The number of rotatable bonds is 6. The molecule has 0 aliphatic rings. The molecule has 1 unspecified atom stereocenters. The van der Waals surface area contributed by atoms with E-state index in [1.165, 1.54) is 27.5 Å². The minimum absolute atomic E-state index is 0.0657. The molecular formula is C21H26N2. The summed E-state index contributed by atoms with van der Waals surface area (Å²) in [4.78, 5) is 2.14. The lowest BCUT2D eigenvalue weighted by molar-refractivity contribution is 0.393. The molecule has 1 atom stereocenters. The van der Waals surface area contributed by atoms with Crippen LogP contribution >= 0.6 is 0 Å². The molecule has 0 heterocycles. The second-order valence-corrected chi connectivity index (χ2v) is 6.62. The van der Waals surface area contributed by atoms with E-state index in [9.17, 15) is 5.26 Å². The van der Waals surface area contributed by atoms with Gasteiger partial charge in [-0.15, -0.1) is 0 Å². The summed E-state index contributed by atoms with van der Waals surface area (Å²) in [5.74, 6) is -0.0657. The molecule has 120 valence electrons. The van der Waals surface area contributed by atoms with Gasteiger partial charge in [0, 0.05) is 0 Å². The lowest BCUT2D eigenvalue weighted by atomic mass is 9.86. The average Bonchev–Trinajstić information content (AvgIpc) is 2.53. The molecule has 0 radical (unpaired) electrons. The van der Waals surface area contributed by atoms with Crippen molar-refractivity contribution in [3.63, 3.8) is 0 Å². The van der Waals surface area contributed by atoms with Crippen LogP contribution in [0, 0.1) is 11.3 Å². The number of benzene rings is 2. The number of hydrogen-bond acceptors (Lipinski definition) is 2. The van der Waals surface area contributed by atoms with Crippen molar-refractivity contribution < 1.29 is 0 Å². The van der Waals surface area contributed by atoms with E-state index in [1.807, 2.05) is 0 Å². The minimum atomic E-state index is -0.0657. The van der Waals surface area contributed by atoms with Crippen molar-refractivity contribution >= 4 is 10.8 Å². The van der Waals surface area contributed by atoms with E-state index < -0.39 is 0 Å². The largest absolute Gasteiger partial charge is 0.309 e. The maximum atomic E-state index is 9.77. The van der Waals surface area contributed by atoms with Crippen molar-refractivity contribution in [2.45, 2.75) is 32.6 Å². The van der Waals surface area contributed by atoms with Gasteiger partial charge in [-0.3, -0.25) is 0 Å². The fourth-order valence-corrected chi connectivity index (χ4v) is 2.91. The van der Waals surface area contributed by atoms with Gasteiger partial charge in [-0.25, -0.2) is 0 Å². The van der Waals surface area contributed by atoms with E-state index in [2.05, 4.69) is 81.4 Å². The first-order valence-corrected chi connectivity index (χ1v) is 8.21. The molecule has 0 aliphatic heterocycles. The fourth-order valence-electron chi connectivity index (χ4n) is 2.91. The van der Waals surface area contributed by atoms with Crippen molar-refractivity contribution in [2.24, 2.45) is 0 Å². The van der Waals surface area contributed by atoms with Crippen molar-refractivity contribution in [3.8, 4) is 6.07 Å². The Bertz CT molecular complexity index is 731. The average molecular weight is 306 g/mol. The Hall–Kier alpha value is -2.11. The normalized spacial score (nSPS) is 12.2. The number of nitrogens with zero attached hydrogens (tertiary/aromatic N) is 2. The highest BCUT2D eigenvalue weighted by molar-refractivity contribution is 5.87. The number of fused-ring (bicyclic) bond motifs is 1. The molecule has 0 aromatic heterocycles. The highest BCUT2D eigenvalue weighted by Gasteiger charge is 2.18. The molecular weight excluding hydrogens is 280 g/mol. The maximum absolute atomic E-state index is 9.77. The highest BCUT2D eigenvalue weighted by Crippen LogP contribution is 2.32. The van der Waals surface area contributed by atoms with Crippen LogP contribution in [0.2, 0.25) is 0 Å². The summed E-state index contributed by atoms with van der Waals surface area (Å²) in [6.07, 6.45) is 4.00. The van der Waals surface area contributed by atoms with Crippen LogP contribution in [0.15, 0.2) is 48.0 Å². The zero-order valence-corrected chi connectivity index (χ0v) is 14.6. The lowest BCUT2D eigenvalue weighted by Gasteiger charge is -2.19. The van der Waals surface area contributed by atoms with Crippen LogP contribution in [0.3, 0.4) is 0 Å². The second-order valence-electron chi connectivity index (χ2n) is 6.62. The molecule has 0 saturated heterocycles. The molecule has 0 spiro atoms. The van der Waals surface area contributed by atoms with Crippen molar-refractivity contribution in [1.82, 2.24) is 4.90 Å². The molecule has 0 amide bonds. The van der Waals surface area contributed by atoms with Crippen molar-refractivity contribution in [3.05, 3.63) is 59.2 Å². The Morgan fingerprint density at radius 3 is 2.57 bits per heavy atom. The van der Waals surface area contributed by atoms with Crippen LogP contribution in [0.25, 0.3) is 10.8 Å². The predicted molar refractivity (Wildman–Crippen MR) is 98.6 cm³/mol. The first-order valence-electron chi connectivity index (χ1n) is 8.21.